The van der Waals surface area contributed by atoms with E-state index in [1.165, 1.54) is 0 Å². The van der Waals surface area contributed by atoms with Crippen LogP contribution in [0.5, 0.6) is 0 Å². The zero-order valence-corrected chi connectivity index (χ0v) is 13.3. The quantitative estimate of drug-likeness (QED) is 0.764. The van der Waals surface area contributed by atoms with Gasteiger partial charge in [0.1, 0.15) is 0 Å². The Balaban J connectivity index is 2.56. The first-order chi connectivity index (χ1) is 8.87. The molecular weight excluding hydrogens is 238 g/mol. The van der Waals surface area contributed by atoms with Gasteiger partial charge in [0.25, 0.3) is 0 Å². The summed E-state index contributed by atoms with van der Waals surface area (Å²) in [5.74, 6) is 0.289. The van der Waals surface area contributed by atoms with E-state index in [0.29, 0.717) is 6.04 Å². The number of nitrogens with zero attached hydrogens (tertiary/aromatic N) is 2. The van der Waals surface area contributed by atoms with Crippen molar-refractivity contribution in [1.82, 2.24) is 15.1 Å². The fraction of sp³-hybridized carbons (Fsp3) is 0.933. The minimum Gasteiger partial charge on any atom is -0.344 e. The molecule has 0 atom stereocenters. The molecule has 19 heavy (non-hydrogen) atoms. The van der Waals surface area contributed by atoms with Gasteiger partial charge in [-0.3, -0.25) is 4.79 Å². The van der Waals surface area contributed by atoms with Crippen LogP contribution >= 0.6 is 0 Å². The van der Waals surface area contributed by atoms with E-state index in [-0.39, 0.29) is 11.4 Å². The summed E-state index contributed by atoms with van der Waals surface area (Å²) in [7, 11) is 6.08. The summed E-state index contributed by atoms with van der Waals surface area (Å²) >= 11 is 0. The maximum Gasteiger partial charge on any atom is 0.242 e. The Morgan fingerprint density at radius 3 is 2.21 bits per heavy atom. The average Bonchev–Trinajstić information content (AvgIpc) is 2.76. The van der Waals surface area contributed by atoms with E-state index >= 15 is 0 Å². The van der Waals surface area contributed by atoms with Gasteiger partial charge in [-0.05, 0) is 53.8 Å². The molecule has 1 saturated carbocycles. The highest BCUT2D eigenvalue weighted by Gasteiger charge is 2.42. The highest BCUT2D eigenvalue weighted by molar-refractivity contribution is 5.86. The first-order valence-electron chi connectivity index (χ1n) is 7.55. The molecule has 0 aromatic heterocycles. The molecule has 0 aromatic rings. The van der Waals surface area contributed by atoms with Crippen molar-refractivity contribution in [2.75, 3.05) is 34.2 Å². The van der Waals surface area contributed by atoms with Crippen molar-refractivity contribution in [2.24, 2.45) is 0 Å². The maximum absolute atomic E-state index is 12.7. The van der Waals surface area contributed by atoms with Crippen molar-refractivity contribution in [3.8, 4) is 0 Å². The van der Waals surface area contributed by atoms with Crippen LogP contribution in [0.25, 0.3) is 0 Å². The summed E-state index contributed by atoms with van der Waals surface area (Å²) in [4.78, 5) is 16.8. The largest absolute Gasteiger partial charge is 0.344 e. The zero-order valence-electron chi connectivity index (χ0n) is 13.3. The van der Waals surface area contributed by atoms with E-state index < -0.39 is 0 Å². The smallest absolute Gasteiger partial charge is 0.242 e. The van der Waals surface area contributed by atoms with E-state index in [1.807, 2.05) is 11.9 Å². The Kier molecular flexibility index (Phi) is 6.27. The SMILES string of the molecule is CC(C)NC1(C(=O)N(C)CCCN(C)C)CCCC1. The van der Waals surface area contributed by atoms with E-state index in [1.54, 1.807) is 0 Å². The molecule has 0 aliphatic heterocycles. The fourth-order valence-electron chi connectivity index (χ4n) is 3.04. The molecule has 1 rings (SSSR count). The molecule has 4 heteroatoms. The van der Waals surface area contributed by atoms with Gasteiger partial charge in [0.15, 0.2) is 0 Å². The van der Waals surface area contributed by atoms with Crippen LogP contribution in [0.1, 0.15) is 46.0 Å². The molecular formula is C15H31N3O. The lowest BCUT2D eigenvalue weighted by atomic mass is 9.94. The first-order valence-corrected chi connectivity index (χ1v) is 7.55. The minimum absolute atomic E-state index is 0.289. The summed E-state index contributed by atoms with van der Waals surface area (Å²) in [5, 5.41) is 3.53. The molecule has 1 fully saturated rings. The van der Waals surface area contributed by atoms with Gasteiger partial charge in [0, 0.05) is 19.6 Å². The lowest BCUT2D eigenvalue weighted by molar-refractivity contribution is -0.137. The van der Waals surface area contributed by atoms with Crippen LogP contribution < -0.4 is 5.32 Å². The maximum atomic E-state index is 12.7. The predicted octanol–water partition coefficient (Wildman–Crippen LogP) is 1.71. The number of hydrogen-bond donors (Lipinski definition) is 1. The number of rotatable bonds is 7. The normalized spacial score (nSPS) is 18.3. The summed E-state index contributed by atoms with van der Waals surface area (Å²) in [5.41, 5.74) is -0.291. The molecule has 1 aliphatic rings. The molecule has 0 saturated heterocycles. The van der Waals surface area contributed by atoms with Crippen LogP contribution in [-0.4, -0.2) is 61.5 Å². The van der Waals surface area contributed by atoms with Gasteiger partial charge in [-0.15, -0.1) is 0 Å². The van der Waals surface area contributed by atoms with E-state index in [9.17, 15) is 4.79 Å². The number of carbonyl (C=O) groups excluding carboxylic acids is 1. The fourth-order valence-corrected chi connectivity index (χ4v) is 3.04. The van der Waals surface area contributed by atoms with Crippen LogP contribution in [0.15, 0.2) is 0 Å². The third kappa shape index (κ3) is 4.77. The van der Waals surface area contributed by atoms with Crippen LogP contribution in [0.2, 0.25) is 0 Å². The van der Waals surface area contributed by atoms with Gasteiger partial charge >= 0.3 is 0 Å². The standard InChI is InChI=1S/C15H31N3O/c1-13(2)16-15(9-6-7-10-15)14(19)18(5)12-8-11-17(3)4/h13,16H,6-12H2,1-5H3. The number of carbonyl (C=O) groups is 1. The highest BCUT2D eigenvalue weighted by atomic mass is 16.2. The third-order valence-corrected chi connectivity index (χ3v) is 3.88. The lowest BCUT2D eigenvalue weighted by Gasteiger charge is -2.35. The second kappa shape index (κ2) is 7.25. The monoisotopic (exact) mass is 269 g/mol. The number of amides is 1. The predicted molar refractivity (Wildman–Crippen MR) is 80.3 cm³/mol. The van der Waals surface area contributed by atoms with Crippen LogP contribution in [-0.2, 0) is 4.79 Å². The van der Waals surface area contributed by atoms with Crippen molar-refractivity contribution in [3.05, 3.63) is 0 Å². The molecule has 1 N–H and O–H groups in total. The second-order valence-corrected chi connectivity index (χ2v) is 6.47. The summed E-state index contributed by atoms with van der Waals surface area (Å²) < 4.78 is 0. The molecule has 1 aliphatic carbocycles. The second-order valence-electron chi connectivity index (χ2n) is 6.47. The van der Waals surface area contributed by atoms with Crippen molar-refractivity contribution in [3.63, 3.8) is 0 Å². The first kappa shape index (κ1) is 16.4. The van der Waals surface area contributed by atoms with E-state index in [0.717, 1.165) is 45.2 Å². The van der Waals surface area contributed by atoms with E-state index in [2.05, 4.69) is 38.2 Å². The van der Waals surface area contributed by atoms with Gasteiger partial charge in [-0.2, -0.15) is 0 Å². The Morgan fingerprint density at radius 2 is 1.74 bits per heavy atom. The highest BCUT2D eigenvalue weighted by Crippen LogP contribution is 2.31. The van der Waals surface area contributed by atoms with Crippen molar-refractivity contribution >= 4 is 5.91 Å². The molecule has 0 aromatic carbocycles. The lowest BCUT2D eigenvalue weighted by Crippen LogP contribution is -2.57. The molecule has 4 nitrogen and oxygen atoms in total. The van der Waals surface area contributed by atoms with Crippen LogP contribution in [0, 0.1) is 0 Å². The van der Waals surface area contributed by atoms with Crippen LogP contribution in [0.3, 0.4) is 0 Å². The van der Waals surface area contributed by atoms with Gasteiger partial charge in [0.05, 0.1) is 5.54 Å². The molecule has 0 heterocycles. The minimum atomic E-state index is -0.291. The van der Waals surface area contributed by atoms with Gasteiger partial charge in [-0.1, -0.05) is 12.8 Å². The molecule has 0 unspecified atom stereocenters. The van der Waals surface area contributed by atoms with Crippen molar-refractivity contribution in [2.45, 2.75) is 57.5 Å². The number of likely N-dealkylation sites (N-methyl/N-ethyl adjacent to an activating group) is 1. The Labute approximate surface area is 118 Å². The summed E-state index contributed by atoms with van der Waals surface area (Å²) in [6.07, 6.45) is 5.34. The average molecular weight is 269 g/mol. The number of nitrogens with one attached hydrogen (secondary N) is 1. The molecule has 112 valence electrons. The molecule has 0 bridgehead atoms. The van der Waals surface area contributed by atoms with E-state index in [4.69, 9.17) is 0 Å². The Hall–Kier alpha value is -0.610. The van der Waals surface area contributed by atoms with Crippen molar-refractivity contribution in [1.29, 1.82) is 0 Å². The Morgan fingerprint density at radius 1 is 1.16 bits per heavy atom. The topological polar surface area (TPSA) is 35.6 Å². The van der Waals surface area contributed by atoms with Gasteiger partial charge in [0.2, 0.25) is 5.91 Å². The zero-order chi connectivity index (χ0) is 14.5. The number of hydrogen-bond acceptors (Lipinski definition) is 3. The molecule has 1 amide bonds. The van der Waals surface area contributed by atoms with Gasteiger partial charge < -0.3 is 15.1 Å². The summed E-state index contributed by atoms with van der Waals surface area (Å²) in [6, 6.07) is 0.359. The van der Waals surface area contributed by atoms with Crippen molar-refractivity contribution < 1.29 is 4.79 Å². The Bertz CT molecular complexity index is 283. The van der Waals surface area contributed by atoms with Crippen LogP contribution in [0.4, 0.5) is 0 Å². The van der Waals surface area contributed by atoms with Gasteiger partial charge in [-0.25, -0.2) is 0 Å². The summed E-state index contributed by atoms with van der Waals surface area (Å²) in [6.45, 7) is 6.12. The molecule has 0 radical (unpaired) electrons. The molecule has 0 spiro atoms. The third-order valence-electron chi connectivity index (χ3n) is 3.88.